The minimum Gasteiger partial charge on any atom is -0.267 e. The Kier molecular flexibility index (Phi) is 9.28. The van der Waals surface area contributed by atoms with Crippen molar-refractivity contribution in [2.75, 3.05) is 0 Å². The molecule has 0 aliphatic heterocycles. The van der Waals surface area contributed by atoms with Gasteiger partial charge in [-0.25, -0.2) is 0 Å². The van der Waals surface area contributed by atoms with Crippen LogP contribution in [-0.4, -0.2) is 11.2 Å². The fourth-order valence-electron chi connectivity index (χ4n) is 1.86. The Morgan fingerprint density at radius 2 is 1.50 bits per heavy atom. The van der Waals surface area contributed by atoms with Crippen LogP contribution in [0.25, 0.3) is 0 Å². The van der Waals surface area contributed by atoms with Gasteiger partial charge in [0.15, 0.2) is 0 Å². The topological polar surface area (TPSA) is 12.4 Å². The average molecular weight is 314 g/mol. The van der Waals surface area contributed by atoms with E-state index in [1.165, 1.54) is 38.5 Å². The van der Waals surface area contributed by atoms with Gasteiger partial charge in [-0.05, 0) is 20.3 Å². The summed E-state index contributed by atoms with van der Waals surface area (Å²) in [6, 6.07) is 0. The number of rotatable bonds is 9. The van der Waals surface area contributed by atoms with E-state index in [4.69, 9.17) is 27.2 Å². The summed E-state index contributed by atoms with van der Waals surface area (Å²) in [6.07, 6.45) is 8.99. The highest BCUT2D eigenvalue weighted by atomic mass is 35.9. The monoisotopic (exact) mass is 313 g/mol. The van der Waals surface area contributed by atoms with Crippen LogP contribution in [0, 0.1) is 0 Å². The lowest BCUT2D eigenvalue weighted by molar-refractivity contribution is 0.448. The van der Waals surface area contributed by atoms with Crippen molar-refractivity contribution < 1.29 is 0 Å². The lowest BCUT2D eigenvalue weighted by Crippen LogP contribution is -2.16. The summed E-state index contributed by atoms with van der Waals surface area (Å²) < 4.78 is 4.72. The molecule has 0 amide bonds. The molecule has 0 unspecified atom stereocenters. The van der Waals surface area contributed by atoms with Gasteiger partial charge in [0.25, 0.3) is 0 Å². The van der Waals surface area contributed by atoms with E-state index >= 15 is 0 Å². The van der Waals surface area contributed by atoms with Gasteiger partial charge in [-0.1, -0.05) is 81.8 Å². The first-order valence-corrected chi connectivity index (χ1v) is 10.9. The molecule has 0 saturated carbocycles. The Bertz CT molecular complexity index is 269. The van der Waals surface area contributed by atoms with Crippen LogP contribution < -0.4 is 0 Å². The lowest BCUT2D eigenvalue weighted by atomic mass is 9.97. The largest absolute Gasteiger partial charge is 0.267 e. The minimum atomic E-state index is -2.13. The number of halogens is 2. The fourth-order valence-corrected chi connectivity index (χ4v) is 4.14. The van der Waals surface area contributed by atoms with Gasteiger partial charge in [0.1, 0.15) is 5.76 Å². The van der Waals surface area contributed by atoms with Gasteiger partial charge in [0.2, 0.25) is 0 Å². The molecular weight excluding hydrogens is 284 g/mol. The van der Waals surface area contributed by atoms with Gasteiger partial charge in [0.05, 0.1) is 5.54 Å². The van der Waals surface area contributed by atoms with Crippen LogP contribution in [0.3, 0.4) is 0 Å². The third kappa shape index (κ3) is 8.83. The van der Waals surface area contributed by atoms with Gasteiger partial charge in [-0.3, -0.25) is 4.74 Å². The smallest absolute Gasteiger partial charge is 0.140 e. The summed E-state index contributed by atoms with van der Waals surface area (Å²) in [5.41, 5.74) is 0.177. The molecule has 0 spiro atoms. The van der Waals surface area contributed by atoms with Crippen molar-refractivity contribution >= 4 is 28.2 Å². The van der Waals surface area contributed by atoms with Gasteiger partial charge < -0.3 is 0 Å². The summed E-state index contributed by atoms with van der Waals surface area (Å²) in [5, 5.41) is 0. The van der Waals surface area contributed by atoms with Crippen LogP contribution in [0.5, 0.6) is 0 Å². The molecule has 0 radical (unpaired) electrons. The van der Waals surface area contributed by atoms with Crippen LogP contribution in [0.1, 0.15) is 79.6 Å². The zero-order chi connectivity index (χ0) is 14.2. The van der Waals surface area contributed by atoms with Crippen LogP contribution >= 0.6 is 28.2 Å². The molecule has 0 aliphatic carbocycles. The SMILES string of the molecule is CCCCCCCCC(C)(C)N=P(Cl)(Cl)C(C)C. The maximum atomic E-state index is 6.35. The summed E-state index contributed by atoms with van der Waals surface area (Å²) in [6.45, 7) is 10.7. The summed E-state index contributed by atoms with van der Waals surface area (Å²) in [4.78, 5) is 0. The van der Waals surface area contributed by atoms with Crippen LogP contribution in [0.15, 0.2) is 4.74 Å². The van der Waals surface area contributed by atoms with E-state index in [1.54, 1.807) is 0 Å². The van der Waals surface area contributed by atoms with Crippen molar-refractivity contribution in [3.63, 3.8) is 0 Å². The van der Waals surface area contributed by atoms with Crippen LogP contribution in [0.2, 0.25) is 0 Å². The normalized spacial score (nSPS) is 13.1. The van der Waals surface area contributed by atoms with Crippen molar-refractivity contribution in [1.29, 1.82) is 0 Å². The molecule has 0 rings (SSSR count). The minimum absolute atomic E-state index is 0.0771. The molecule has 18 heavy (non-hydrogen) atoms. The van der Waals surface area contributed by atoms with Crippen LogP contribution in [0.4, 0.5) is 0 Å². The molecule has 0 aliphatic rings. The number of hydrogen-bond donors (Lipinski definition) is 0. The Balaban J connectivity index is 4.08. The Labute approximate surface area is 124 Å². The molecule has 1 nitrogen and oxygen atoms in total. The summed E-state index contributed by atoms with van der Waals surface area (Å²) in [7, 11) is 0. The van der Waals surface area contributed by atoms with E-state index in [0.717, 1.165) is 6.42 Å². The molecule has 0 aromatic heterocycles. The van der Waals surface area contributed by atoms with Crippen LogP contribution in [-0.2, 0) is 0 Å². The highest BCUT2D eigenvalue weighted by molar-refractivity contribution is 8.10. The van der Waals surface area contributed by atoms with E-state index < -0.39 is 5.76 Å². The predicted molar refractivity (Wildman–Crippen MR) is 88.3 cm³/mol. The molecule has 0 aromatic rings. The molecule has 110 valence electrons. The molecule has 0 saturated heterocycles. The molecule has 0 aromatic carbocycles. The second-order valence-corrected chi connectivity index (χ2v) is 11.9. The van der Waals surface area contributed by atoms with Gasteiger partial charge in [-0.2, -0.15) is 0 Å². The number of nitrogens with zero attached hydrogens (tertiary/aromatic N) is 1. The predicted octanol–water partition coefficient (Wildman–Crippen LogP) is 7.43. The van der Waals surface area contributed by atoms with Gasteiger partial charge >= 0.3 is 0 Å². The molecular formula is C14H30Cl2NP. The first-order chi connectivity index (χ1) is 8.21. The Morgan fingerprint density at radius 3 is 2.00 bits per heavy atom. The van der Waals surface area contributed by atoms with Gasteiger partial charge in [0, 0.05) is 5.66 Å². The first-order valence-electron chi connectivity index (χ1n) is 7.24. The van der Waals surface area contributed by atoms with Crippen molar-refractivity contribution in [1.82, 2.24) is 0 Å². The van der Waals surface area contributed by atoms with E-state index in [9.17, 15) is 0 Å². The zero-order valence-electron chi connectivity index (χ0n) is 12.7. The average Bonchev–Trinajstić information content (AvgIpc) is 2.21. The molecule has 0 bridgehead atoms. The van der Waals surface area contributed by atoms with Crippen molar-refractivity contribution in [2.24, 2.45) is 4.74 Å². The molecule has 0 atom stereocenters. The van der Waals surface area contributed by atoms with E-state index in [2.05, 4.69) is 34.6 Å². The second kappa shape index (κ2) is 8.88. The summed E-state index contributed by atoms with van der Waals surface area (Å²) in [5.74, 6) is -2.13. The molecule has 0 heterocycles. The van der Waals surface area contributed by atoms with Crippen molar-refractivity contribution in [2.45, 2.75) is 90.8 Å². The molecule has 0 N–H and O–H groups in total. The Hall–Kier alpha value is 0.810. The highest BCUT2D eigenvalue weighted by Crippen LogP contribution is 2.65. The lowest BCUT2D eigenvalue weighted by Gasteiger charge is -2.25. The number of unbranched alkanes of at least 4 members (excludes halogenated alkanes) is 5. The Morgan fingerprint density at radius 1 is 1.00 bits per heavy atom. The first kappa shape index (κ1) is 18.8. The molecule has 0 fully saturated rings. The standard InChI is InChI=1S/C14H30Cl2NP/c1-6-7-8-9-10-11-12-14(4,5)17-18(15,16)13(2)3/h13H,6-12H2,1-5H3. The third-order valence-corrected chi connectivity index (χ3v) is 8.01. The van der Waals surface area contributed by atoms with E-state index in [0.29, 0.717) is 0 Å². The zero-order valence-corrected chi connectivity index (χ0v) is 15.1. The highest BCUT2D eigenvalue weighted by Gasteiger charge is 2.24. The molecule has 4 heteroatoms. The van der Waals surface area contributed by atoms with Gasteiger partial charge in [-0.15, -0.1) is 0 Å². The fraction of sp³-hybridized carbons (Fsp3) is 1.00. The maximum absolute atomic E-state index is 6.35. The van der Waals surface area contributed by atoms with Crippen molar-refractivity contribution in [3.8, 4) is 0 Å². The number of hydrogen-bond acceptors (Lipinski definition) is 1. The second-order valence-electron chi connectivity index (χ2n) is 6.05. The third-order valence-electron chi connectivity index (χ3n) is 3.17. The van der Waals surface area contributed by atoms with E-state index in [-0.39, 0.29) is 11.2 Å². The maximum Gasteiger partial charge on any atom is 0.140 e. The summed E-state index contributed by atoms with van der Waals surface area (Å²) >= 11 is 12.7. The van der Waals surface area contributed by atoms with Crippen molar-refractivity contribution in [3.05, 3.63) is 0 Å². The quantitative estimate of drug-likeness (QED) is 0.310. The van der Waals surface area contributed by atoms with E-state index in [1.807, 2.05) is 0 Å².